The van der Waals surface area contributed by atoms with E-state index in [2.05, 4.69) is 16.0 Å². The number of sulfonamides is 1. The van der Waals surface area contributed by atoms with Crippen LogP contribution in [0.4, 0.5) is 0 Å². The lowest BCUT2D eigenvalue weighted by Crippen LogP contribution is -2.49. The van der Waals surface area contributed by atoms with Crippen LogP contribution in [0.1, 0.15) is 10.4 Å². The predicted molar refractivity (Wildman–Crippen MR) is 95.3 cm³/mol. The molecule has 0 bridgehead atoms. The number of benzene rings is 1. The predicted octanol–water partition coefficient (Wildman–Crippen LogP) is -1.23. The van der Waals surface area contributed by atoms with Gasteiger partial charge in [-0.2, -0.15) is 4.31 Å². The number of ether oxygens (including phenoxy) is 1. The van der Waals surface area contributed by atoms with Gasteiger partial charge in [0, 0.05) is 45.4 Å². The molecule has 2 rings (SSSR count). The first-order valence-corrected chi connectivity index (χ1v) is 9.74. The van der Waals surface area contributed by atoms with Gasteiger partial charge < -0.3 is 20.7 Å². The Morgan fingerprint density at radius 3 is 2.62 bits per heavy atom. The maximum Gasteiger partial charge on any atom is 0.251 e. The lowest BCUT2D eigenvalue weighted by molar-refractivity contribution is -0.122. The normalized spacial score (nSPS) is 15.5. The highest BCUT2D eigenvalue weighted by Crippen LogP contribution is 2.17. The largest absolute Gasteiger partial charge is 0.383 e. The van der Waals surface area contributed by atoms with Crippen LogP contribution in [0.15, 0.2) is 29.2 Å². The van der Waals surface area contributed by atoms with Crippen molar-refractivity contribution < 1.29 is 22.7 Å². The van der Waals surface area contributed by atoms with E-state index in [9.17, 15) is 18.0 Å². The van der Waals surface area contributed by atoms with E-state index in [-0.39, 0.29) is 36.3 Å². The number of piperazine rings is 1. The number of hydrogen-bond donors (Lipinski definition) is 3. The molecule has 0 aliphatic carbocycles. The SMILES string of the molecule is COCCNCCNC(=O)c1ccc(S(=O)(=O)N2CCNC(=O)C2)cc1. The van der Waals surface area contributed by atoms with E-state index >= 15 is 0 Å². The number of nitrogens with zero attached hydrogens (tertiary/aromatic N) is 1. The third-order valence-corrected chi connectivity index (χ3v) is 5.69. The summed E-state index contributed by atoms with van der Waals surface area (Å²) in [7, 11) is -2.13. The van der Waals surface area contributed by atoms with Crippen LogP contribution in [-0.2, 0) is 19.6 Å². The molecule has 2 amide bonds. The average molecular weight is 384 g/mol. The summed E-state index contributed by atoms with van der Waals surface area (Å²) >= 11 is 0. The molecular weight excluding hydrogens is 360 g/mol. The maximum atomic E-state index is 12.5. The minimum atomic E-state index is -3.75. The number of methoxy groups -OCH3 is 1. The van der Waals surface area contributed by atoms with E-state index in [1.54, 1.807) is 7.11 Å². The van der Waals surface area contributed by atoms with Crippen molar-refractivity contribution >= 4 is 21.8 Å². The Kier molecular flexibility index (Phi) is 7.51. The standard InChI is InChI=1S/C16H24N4O5S/c1-25-11-9-17-6-7-19-16(22)13-2-4-14(5-3-13)26(23,24)20-10-8-18-15(21)12-20/h2-5,17H,6-12H2,1H3,(H,18,21)(H,19,22). The van der Waals surface area contributed by atoms with Crippen molar-refractivity contribution in [2.24, 2.45) is 0 Å². The van der Waals surface area contributed by atoms with Crippen LogP contribution in [0.2, 0.25) is 0 Å². The topological polar surface area (TPSA) is 117 Å². The zero-order valence-electron chi connectivity index (χ0n) is 14.7. The van der Waals surface area contributed by atoms with Gasteiger partial charge in [0.15, 0.2) is 0 Å². The quantitative estimate of drug-likeness (QED) is 0.459. The number of rotatable bonds is 9. The second-order valence-corrected chi connectivity index (χ2v) is 7.65. The number of amides is 2. The van der Waals surface area contributed by atoms with Gasteiger partial charge in [-0.05, 0) is 24.3 Å². The van der Waals surface area contributed by atoms with Gasteiger partial charge in [0.2, 0.25) is 15.9 Å². The van der Waals surface area contributed by atoms with Crippen LogP contribution in [0.3, 0.4) is 0 Å². The summed E-state index contributed by atoms with van der Waals surface area (Å²) in [5.41, 5.74) is 0.372. The highest BCUT2D eigenvalue weighted by atomic mass is 32.2. The maximum absolute atomic E-state index is 12.5. The summed E-state index contributed by atoms with van der Waals surface area (Å²) in [5.74, 6) is -0.602. The molecule has 1 aromatic rings. The fourth-order valence-electron chi connectivity index (χ4n) is 2.41. The van der Waals surface area contributed by atoms with Crippen molar-refractivity contribution in [2.75, 3.05) is 53.0 Å². The Morgan fingerprint density at radius 2 is 1.96 bits per heavy atom. The molecule has 26 heavy (non-hydrogen) atoms. The van der Waals surface area contributed by atoms with Gasteiger partial charge in [-0.15, -0.1) is 0 Å². The molecule has 0 atom stereocenters. The molecule has 144 valence electrons. The molecule has 1 aliphatic rings. The van der Waals surface area contributed by atoms with Gasteiger partial charge in [-0.3, -0.25) is 9.59 Å². The Bertz CT molecular complexity index is 721. The minimum Gasteiger partial charge on any atom is -0.383 e. The van der Waals surface area contributed by atoms with Crippen LogP contribution in [0, 0.1) is 0 Å². The minimum absolute atomic E-state index is 0.0602. The molecule has 0 unspecified atom stereocenters. The van der Waals surface area contributed by atoms with Crippen molar-refractivity contribution in [3.8, 4) is 0 Å². The molecule has 0 radical (unpaired) electrons. The van der Waals surface area contributed by atoms with E-state index in [0.717, 1.165) is 4.31 Å². The lowest BCUT2D eigenvalue weighted by Gasteiger charge is -2.25. The van der Waals surface area contributed by atoms with E-state index in [0.29, 0.717) is 31.8 Å². The molecular formula is C16H24N4O5S. The number of carbonyl (C=O) groups excluding carboxylic acids is 2. The average Bonchev–Trinajstić information content (AvgIpc) is 2.64. The molecule has 1 aliphatic heterocycles. The summed E-state index contributed by atoms with van der Waals surface area (Å²) in [6.07, 6.45) is 0. The highest BCUT2D eigenvalue weighted by Gasteiger charge is 2.29. The lowest BCUT2D eigenvalue weighted by atomic mass is 10.2. The van der Waals surface area contributed by atoms with Crippen molar-refractivity contribution in [1.29, 1.82) is 0 Å². The van der Waals surface area contributed by atoms with Gasteiger partial charge in [-0.25, -0.2) is 8.42 Å². The molecule has 3 N–H and O–H groups in total. The van der Waals surface area contributed by atoms with Gasteiger partial charge >= 0.3 is 0 Å². The monoisotopic (exact) mass is 384 g/mol. The molecule has 1 aromatic carbocycles. The zero-order chi connectivity index (χ0) is 19.0. The Labute approximate surface area is 153 Å². The molecule has 10 heteroatoms. The van der Waals surface area contributed by atoms with Crippen molar-refractivity contribution in [2.45, 2.75) is 4.90 Å². The van der Waals surface area contributed by atoms with E-state index in [1.807, 2.05) is 0 Å². The molecule has 1 heterocycles. The van der Waals surface area contributed by atoms with Gasteiger partial charge in [0.25, 0.3) is 5.91 Å². The third-order valence-electron chi connectivity index (χ3n) is 3.83. The summed E-state index contributed by atoms with van der Waals surface area (Å²) in [4.78, 5) is 23.5. The molecule has 9 nitrogen and oxygen atoms in total. The van der Waals surface area contributed by atoms with Gasteiger partial charge in [0.1, 0.15) is 0 Å². The first-order chi connectivity index (χ1) is 12.4. The fourth-order valence-corrected chi connectivity index (χ4v) is 3.81. The first-order valence-electron chi connectivity index (χ1n) is 8.30. The Hall–Kier alpha value is -2.01. The number of carbonyl (C=O) groups is 2. The van der Waals surface area contributed by atoms with Gasteiger partial charge in [-0.1, -0.05) is 0 Å². The van der Waals surface area contributed by atoms with Gasteiger partial charge in [0.05, 0.1) is 18.0 Å². The van der Waals surface area contributed by atoms with Crippen LogP contribution < -0.4 is 16.0 Å². The third kappa shape index (κ3) is 5.49. The van der Waals surface area contributed by atoms with Crippen molar-refractivity contribution in [3.63, 3.8) is 0 Å². The number of nitrogens with one attached hydrogen (secondary N) is 3. The van der Waals surface area contributed by atoms with Crippen LogP contribution in [-0.4, -0.2) is 77.5 Å². The summed E-state index contributed by atoms with van der Waals surface area (Å²) in [5, 5.41) is 8.44. The van der Waals surface area contributed by atoms with Crippen LogP contribution in [0.5, 0.6) is 0 Å². The van der Waals surface area contributed by atoms with Crippen molar-refractivity contribution in [3.05, 3.63) is 29.8 Å². The van der Waals surface area contributed by atoms with Crippen LogP contribution in [0.25, 0.3) is 0 Å². The Morgan fingerprint density at radius 1 is 1.23 bits per heavy atom. The first kappa shape index (κ1) is 20.3. The molecule has 0 saturated carbocycles. The number of hydrogen-bond acceptors (Lipinski definition) is 6. The second-order valence-electron chi connectivity index (χ2n) is 5.71. The summed E-state index contributed by atoms with van der Waals surface area (Å²) in [6.45, 7) is 2.68. The van der Waals surface area contributed by atoms with E-state index < -0.39 is 10.0 Å². The molecule has 0 aromatic heterocycles. The van der Waals surface area contributed by atoms with Crippen LogP contribution >= 0.6 is 0 Å². The van der Waals surface area contributed by atoms with E-state index in [4.69, 9.17) is 4.74 Å². The second kappa shape index (κ2) is 9.62. The molecule has 1 fully saturated rings. The van der Waals surface area contributed by atoms with Crippen molar-refractivity contribution in [1.82, 2.24) is 20.3 Å². The summed E-state index contributed by atoms with van der Waals surface area (Å²) < 4.78 is 31.1. The zero-order valence-corrected chi connectivity index (χ0v) is 15.5. The summed E-state index contributed by atoms with van der Waals surface area (Å²) in [6, 6.07) is 5.69. The smallest absolute Gasteiger partial charge is 0.251 e. The highest BCUT2D eigenvalue weighted by molar-refractivity contribution is 7.89. The molecule has 1 saturated heterocycles. The molecule has 0 spiro atoms. The fraction of sp³-hybridized carbons (Fsp3) is 0.500. The van der Waals surface area contributed by atoms with E-state index in [1.165, 1.54) is 24.3 Å². The Balaban J connectivity index is 1.90.